The van der Waals surface area contributed by atoms with E-state index in [0.717, 1.165) is 18.5 Å². The Morgan fingerprint density at radius 1 is 1.26 bits per heavy atom. The minimum Gasteiger partial charge on any atom is -1.00 e. The van der Waals surface area contributed by atoms with Crippen molar-refractivity contribution in [2.24, 2.45) is 16.5 Å². The van der Waals surface area contributed by atoms with Crippen LogP contribution in [0.4, 0.5) is 5.69 Å². The lowest BCUT2D eigenvalue weighted by Crippen LogP contribution is -3.00. The summed E-state index contributed by atoms with van der Waals surface area (Å²) >= 11 is 0. The number of nitrogens with one attached hydrogen (secondary N) is 1. The molecule has 1 aromatic rings. The van der Waals surface area contributed by atoms with E-state index in [1.54, 1.807) is 0 Å². The molecule has 5 nitrogen and oxygen atoms in total. The molecule has 19 heavy (non-hydrogen) atoms. The lowest BCUT2D eigenvalue weighted by Gasteiger charge is -2.31. The Morgan fingerprint density at radius 2 is 1.89 bits per heavy atom. The zero-order valence-corrected chi connectivity index (χ0v) is 12.0. The number of halogens is 1. The third-order valence-electron chi connectivity index (χ3n) is 3.08. The average Bonchev–Trinajstić information content (AvgIpc) is 2.28. The van der Waals surface area contributed by atoms with E-state index < -0.39 is 5.66 Å². The molecule has 1 aliphatic heterocycles. The van der Waals surface area contributed by atoms with Crippen molar-refractivity contribution in [1.82, 2.24) is 5.32 Å². The molecule has 1 heterocycles. The quantitative estimate of drug-likeness (QED) is 0.566. The zero-order valence-electron chi connectivity index (χ0n) is 11.2. The lowest BCUT2D eigenvalue weighted by molar-refractivity contribution is -0.533. The van der Waals surface area contributed by atoms with Gasteiger partial charge in [0, 0.05) is 6.42 Å². The molecular formula is C13H20ClN5. The molecule has 1 aromatic carbocycles. The summed E-state index contributed by atoms with van der Waals surface area (Å²) in [4.78, 5) is 4.52. The van der Waals surface area contributed by atoms with Crippen LogP contribution < -0.4 is 29.2 Å². The molecule has 1 aliphatic rings. The molecule has 0 aliphatic carbocycles. The van der Waals surface area contributed by atoms with Crippen molar-refractivity contribution in [2.75, 3.05) is 0 Å². The van der Waals surface area contributed by atoms with Crippen molar-refractivity contribution in [3.05, 3.63) is 30.3 Å². The largest absolute Gasteiger partial charge is 1.00 e. The van der Waals surface area contributed by atoms with E-state index in [9.17, 15) is 0 Å². The fraction of sp³-hybridized carbons (Fsp3) is 0.385. The third kappa shape index (κ3) is 2.98. The van der Waals surface area contributed by atoms with Gasteiger partial charge >= 0.3 is 5.96 Å². The Kier molecular flexibility index (Phi) is 4.78. The molecule has 0 radical (unpaired) electrons. The number of benzene rings is 1. The Bertz CT molecular complexity index is 497. The molecular weight excluding hydrogens is 262 g/mol. The summed E-state index contributed by atoms with van der Waals surface area (Å²) in [6, 6.07) is 9.97. The topological polar surface area (TPSA) is 79.4 Å². The van der Waals surface area contributed by atoms with Crippen molar-refractivity contribution < 1.29 is 17.0 Å². The normalized spacial score (nSPS) is 22.3. The lowest BCUT2D eigenvalue weighted by atomic mass is 10.0. The van der Waals surface area contributed by atoms with E-state index in [-0.39, 0.29) is 12.4 Å². The van der Waals surface area contributed by atoms with Crippen LogP contribution in [0.15, 0.2) is 35.3 Å². The fourth-order valence-electron chi connectivity index (χ4n) is 2.42. The summed E-state index contributed by atoms with van der Waals surface area (Å²) in [5.74, 6) is 0.889. The van der Waals surface area contributed by atoms with Crippen molar-refractivity contribution in [2.45, 2.75) is 32.4 Å². The summed E-state index contributed by atoms with van der Waals surface area (Å²) in [7, 11) is 0. The molecule has 0 bridgehead atoms. The molecule has 5 N–H and O–H groups in total. The first kappa shape index (κ1) is 15.3. The molecule has 2 rings (SSSR count). The van der Waals surface area contributed by atoms with Gasteiger partial charge in [-0.2, -0.15) is 4.99 Å². The molecule has 0 saturated heterocycles. The number of hydrogen-bond acceptors (Lipinski definition) is 4. The second-order valence-corrected chi connectivity index (χ2v) is 4.65. The molecule has 1 atom stereocenters. The Labute approximate surface area is 119 Å². The summed E-state index contributed by atoms with van der Waals surface area (Å²) in [6.07, 6.45) is 1.88. The summed E-state index contributed by atoms with van der Waals surface area (Å²) in [5, 5.41) is 2.89. The number of aliphatic imine (C=N–C) groups is 1. The van der Waals surface area contributed by atoms with Crippen LogP contribution in [0.25, 0.3) is 0 Å². The van der Waals surface area contributed by atoms with Gasteiger partial charge in [0.05, 0.1) is 0 Å². The molecule has 0 saturated carbocycles. The van der Waals surface area contributed by atoms with E-state index in [1.807, 2.05) is 41.8 Å². The van der Waals surface area contributed by atoms with Crippen molar-refractivity contribution >= 4 is 17.6 Å². The van der Waals surface area contributed by atoms with Gasteiger partial charge in [0.15, 0.2) is 5.66 Å². The van der Waals surface area contributed by atoms with E-state index in [0.29, 0.717) is 11.9 Å². The SMILES string of the molecule is CCCC1(C)N=C(N)NC(N)=[N+]1c1ccccc1.[Cl-]. The molecule has 6 heteroatoms. The maximum absolute atomic E-state index is 6.08. The smallest absolute Gasteiger partial charge is 0.357 e. The van der Waals surface area contributed by atoms with Crippen molar-refractivity contribution in [1.29, 1.82) is 0 Å². The van der Waals surface area contributed by atoms with Crippen LogP contribution in [0.3, 0.4) is 0 Å². The standard InChI is InChI=1S/C13H19N5.ClH/c1-3-9-13(2)17-11(14)16-12(15)18(13)10-7-5-4-6-8-10;/h4-8H,3,9H2,1-2H3,(H4,14,15,16,17);1H. The highest BCUT2D eigenvalue weighted by Gasteiger charge is 2.37. The minimum atomic E-state index is -0.435. The number of hydrogen-bond donors (Lipinski definition) is 3. The third-order valence-corrected chi connectivity index (χ3v) is 3.08. The number of rotatable bonds is 3. The van der Waals surface area contributed by atoms with Gasteiger partial charge in [0.1, 0.15) is 5.69 Å². The first-order valence-corrected chi connectivity index (χ1v) is 6.17. The van der Waals surface area contributed by atoms with Gasteiger partial charge in [-0.1, -0.05) is 31.5 Å². The van der Waals surface area contributed by atoms with Gasteiger partial charge in [-0.15, -0.1) is 0 Å². The maximum Gasteiger partial charge on any atom is 0.357 e. The summed E-state index contributed by atoms with van der Waals surface area (Å²) in [5.41, 5.74) is 12.4. The van der Waals surface area contributed by atoms with Gasteiger partial charge in [-0.05, 0) is 19.1 Å². The van der Waals surface area contributed by atoms with Crippen molar-refractivity contribution in [3.8, 4) is 0 Å². The maximum atomic E-state index is 6.08. The predicted octanol–water partition coefficient (Wildman–Crippen LogP) is -1.92. The van der Waals surface area contributed by atoms with Crippen LogP contribution >= 0.6 is 0 Å². The van der Waals surface area contributed by atoms with E-state index >= 15 is 0 Å². The van der Waals surface area contributed by atoms with Gasteiger partial charge in [0.2, 0.25) is 0 Å². The molecule has 0 amide bonds. The number of guanidine groups is 2. The van der Waals surface area contributed by atoms with Crippen LogP contribution in [0.1, 0.15) is 26.7 Å². The summed E-state index contributed by atoms with van der Waals surface area (Å²) < 4.78 is 1.99. The highest BCUT2D eigenvalue weighted by Crippen LogP contribution is 2.28. The Morgan fingerprint density at radius 3 is 2.47 bits per heavy atom. The van der Waals surface area contributed by atoms with Crippen LogP contribution in [-0.2, 0) is 0 Å². The first-order valence-electron chi connectivity index (χ1n) is 6.17. The first-order chi connectivity index (χ1) is 8.57. The average molecular weight is 282 g/mol. The van der Waals surface area contributed by atoms with Gasteiger partial charge in [-0.25, -0.2) is 9.89 Å². The number of para-hydroxylation sites is 1. The highest BCUT2D eigenvalue weighted by atomic mass is 35.5. The van der Waals surface area contributed by atoms with Crippen molar-refractivity contribution in [3.63, 3.8) is 0 Å². The number of nitrogens with two attached hydrogens (primary N) is 2. The van der Waals surface area contributed by atoms with E-state index in [4.69, 9.17) is 11.5 Å². The molecule has 0 spiro atoms. The summed E-state index contributed by atoms with van der Waals surface area (Å²) in [6.45, 7) is 4.17. The Balaban J connectivity index is 0.00000180. The second-order valence-electron chi connectivity index (χ2n) is 4.65. The molecule has 0 aromatic heterocycles. The Hall–Kier alpha value is -1.75. The molecule has 104 valence electrons. The minimum absolute atomic E-state index is 0. The van der Waals surface area contributed by atoms with Crippen LogP contribution in [0.5, 0.6) is 0 Å². The molecule has 1 unspecified atom stereocenters. The zero-order chi connectivity index (χ0) is 13.2. The number of nitrogens with zero attached hydrogens (tertiary/aromatic N) is 2. The monoisotopic (exact) mass is 281 g/mol. The van der Waals surface area contributed by atoms with Gasteiger partial charge in [0.25, 0.3) is 5.96 Å². The van der Waals surface area contributed by atoms with Gasteiger partial charge < -0.3 is 18.1 Å². The predicted molar refractivity (Wildman–Crippen MR) is 73.6 cm³/mol. The van der Waals surface area contributed by atoms with Crippen LogP contribution in [-0.4, -0.2) is 22.2 Å². The van der Waals surface area contributed by atoms with E-state index in [1.165, 1.54) is 0 Å². The van der Waals surface area contributed by atoms with E-state index in [2.05, 4.69) is 17.2 Å². The highest BCUT2D eigenvalue weighted by molar-refractivity contribution is 5.96. The second kappa shape index (κ2) is 5.93. The molecule has 0 fully saturated rings. The fourth-order valence-corrected chi connectivity index (χ4v) is 2.42. The van der Waals surface area contributed by atoms with Gasteiger partial charge in [-0.3, -0.25) is 5.73 Å². The van der Waals surface area contributed by atoms with Crippen LogP contribution in [0.2, 0.25) is 0 Å². The van der Waals surface area contributed by atoms with Crippen LogP contribution in [0, 0.1) is 0 Å².